The molecule has 0 spiro atoms. The van der Waals surface area contributed by atoms with Gasteiger partial charge in [-0.15, -0.1) is 0 Å². The van der Waals surface area contributed by atoms with Gasteiger partial charge in [0, 0.05) is 41.7 Å². The predicted molar refractivity (Wildman–Crippen MR) is 173 cm³/mol. The lowest BCUT2D eigenvalue weighted by Gasteiger charge is -2.41. The Labute approximate surface area is 275 Å². The molecule has 1 atom stereocenters. The fourth-order valence-corrected chi connectivity index (χ4v) is 5.03. The second-order valence-electron chi connectivity index (χ2n) is 10.1. The first-order valence-electron chi connectivity index (χ1n) is 14.8. The van der Waals surface area contributed by atoms with E-state index in [1.165, 1.54) is 36.3 Å². The number of esters is 2. The number of nitro benzene ring substituents is 1. The van der Waals surface area contributed by atoms with Crippen LogP contribution in [0.15, 0.2) is 54.6 Å². The number of ether oxygens (including phenoxy) is 3. The summed E-state index contributed by atoms with van der Waals surface area (Å²) in [4.78, 5) is 62.0. The number of benzene rings is 1. The highest BCUT2D eigenvalue weighted by molar-refractivity contribution is 9.08. The van der Waals surface area contributed by atoms with Crippen LogP contribution in [-0.4, -0.2) is 70.2 Å². The molecule has 1 N–H and O–H groups in total. The molecule has 2 heterocycles. The van der Waals surface area contributed by atoms with Gasteiger partial charge in [-0.1, -0.05) is 35.3 Å². The summed E-state index contributed by atoms with van der Waals surface area (Å²) < 4.78 is 16.3. The van der Waals surface area contributed by atoms with Gasteiger partial charge in [-0.3, -0.25) is 29.6 Å². The van der Waals surface area contributed by atoms with E-state index in [0.717, 1.165) is 5.69 Å². The van der Waals surface area contributed by atoms with E-state index in [1.54, 1.807) is 19.1 Å². The smallest absolute Gasteiger partial charge is 0.347 e. The van der Waals surface area contributed by atoms with Gasteiger partial charge in [0.25, 0.3) is 11.6 Å². The van der Waals surface area contributed by atoms with Crippen LogP contribution < -0.4 is 10.1 Å². The molecule has 1 unspecified atom stereocenters. The number of alkyl halides is 1. The second-order valence-corrected chi connectivity index (χ2v) is 10.7. The molecular weight excluding hydrogens is 662 g/mol. The minimum Gasteiger partial charge on any atom is -0.494 e. The van der Waals surface area contributed by atoms with E-state index in [0.29, 0.717) is 47.6 Å². The van der Waals surface area contributed by atoms with Crippen LogP contribution in [0.1, 0.15) is 61.8 Å². The van der Waals surface area contributed by atoms with Crippen LogP contribution in [0.2, 0.25) is 0 Å². The summed E-state index contributed by atoms with van der Waals surface area (Å²) in [5.74, 6) is -1.64. The van der Waals surface area contributed by atoms with E-state index >= 15 is 0 Å². The lowest BCUT2D eigenvalue weighted by atomic mass is 9.98. The Hall–Kier alpha value is -4.43. The lowest BCUT2D eigenvalue weighted by molar-refractivity contribution is -0.384. The van der Waals surface area contributed by atoms with Crippen LogP contribution >= 0.6 is 15.9 Å². The molecular formula is C32H38BrN5O8. The van der Waals surface area contributed by atoms with Gasteiger partial charge in [0.2, 0.25) is 0 Å². The monoisotopic (exact) mass is 699 g/mol. The number of pyridine rings is 2. The third-order valence-electron chi connectivity index (χ3n) is 6.98. The summed E-state index contributed by atoms with van der Waals surface area (Å²) in [5.41, 5.74) is 0.344. The minimum atomic E-state index is -1.85. The van der Waals surface area contributed by atoms with Gasteiger partial charge in [0.15, 0.2) is 5.66 Å². The van der Waals surface area contributed by atoms with Gasteiger partial charge in [-0.25, -0.2) is 9.78 Å². The maximum atomic E-state index is 13.9. The highest BCUT2D eigenvalue weighted by Crippen LogP contribution is 2.29. The average Bonchev–Trinajstić information content (AvgIpc) is 3.06. The first-order valence-corrected chi connectivity index (χ1v) is 15.9. The SMILES string of the molecule is CCCCC(NC(=O)c1ccc([N+](=O)[O-])cc1)(C(=O)OCC)N(CC(=O)OC)Cc1cc(OCC)cc(-c2cccc(CBr)n2)n1. The van der Waals surface area contributed by atoms with Crippen molar-refractivity contribution in [2.24, 2.45) is 0 Å². The molecule has 13 nitrogen and oxygen atoms in total. The molecule has 0 radical (unpaired) electrons. The molecule has 1 amide bonds. The zero-order valence-electron chi connectivity index (χ0n) is 26.3. The number of rotatable bonds is 17. The second kappa shape index (κ2) is 17.3. The van der Waals surface area contributed by atoms with Crippen LogP contribution in [-0.2, 0) is 30.9 Å². The van der Waals surface area contributed by atoms with Gasteiger partial charge in [0.05, 0.1) is 54.6 Å². The number of hydrogen-bond acceptors (Lipinski definition) is 11. The molecule has 46 heavy (non-hydrogen) atoms. The molecule has 2 aromatic heterocycles. The van der Waals surface area contributed by atoms with Crippen LogP contribution in [0.3, 0.4) is 0 Å². The van der Waals surface area contributed by atoms with Crippen molar-refractivity contribution < 1.29 is 33.5 Å². The standard InChI is InChI=1S/C32H38BrN5O8/c1-5-8-16-32(31(41)46-7-3,36-30(40)22-12-14-25(15-13-22)38(42)43)37(21-29(39)44-4)20-24-17-26(45-6-2)18-28(35-24)27-11-9-10-23(19-33)34-27/h9-15,17-18H,5-8,16,19-21H2,1-4H3,(H,36,40). The fraction of sp³-hybridized carbons (Fsp3) is 0.406. The van der Waals surface area contributed by atoms with Gasteiger partial charge in [-0.05, 0) is 51.0 Å². The number of carbonyl (C=O) groups is 3. The Morgan fingerprint density at radius 3 is 2.33 bits per heavy atom. The topological polar surface area (TPSA) is 163 Å². The van der Waals surface area contributed by atoms with Crippen molar-refractivity contribution in [3.8, 4) is 17.1 Å². The Morgan fingerprint density at radius 2 is 1.72 bits per heavy atom. The van der Waals surface area contributed by atoms with Crippen molar-refractivity contribution in [3.63, 3.8) is 0 Å². The Bertz CT molecular complexity index is 1520. The maximum absolute atomic E-state index is 13.9. The number of nitrogens with one attached hydrogen (secondary N) is 1. The van der Waals surface area contributed by atoms with Crippen LogP contribution in [0.4, 0.5) is 5.69 Å². The zero-order valence-corrected chi connectivity index (χ0v) is 27.9. The summed E-state index contributed by atoms with van der Waals surface area (Å²) in [6, 6.07) is 14.0. The molecule has 3 aromatic rings. The van der Waals surface area contributed by atoms with E-state index in [-0.39, 0.29) is 30.8 Å². The number of unbranched alkanes of at least 4 members (excludes halogenated alkanes) is 1. The normalized spacial score (nSPS) is 12.2. The van der Waals surface area contributed by atoms with E-state index in [9.17, 15) is 24.5 Å². The number of nitrogens with zero attached hydrogens (tertiary/aromatic N) is 4. The molecule has 0 aliphatic rings. The summed E-state index contributed by atoms with van der Waals surface area (Å²) >= 11 is 3.43. The number of halogens is 1. The average molecular weight is 701 g/mol. The van der Waals surface area contributed by atoms with Crippen molar-refractivity contribution in [1.29, 1.82) is 0 Å². The highest BCUT2D eigenvalue weighted by Gasteiger charge is 2.47. The minimum absolute atomic E-state index is 0.00395. The van der Waals surface area contributed by atoms with Crippen LogP contribution in [0, 0.1) is 10.1 Å². The molecule has 0 aliphatic carbocycles. The largest absolute Gasteiger partial charge is 0.494 e. The van der Waals surface area contributed by atoms with Crippen molar-refractivity contribution in [2.75, 3.05) is 26.9 Å². The highest BCUT2D eigenvalue weighted by atomic mass is 79.9. The lowest BCUT2D eigenvalue weighted by Crippen LogP contribution is -2.66. The number of amides is 1. The van der Waals surface area contributed by atoms with Crippen molar-refractivity contribution in [2.45, 2.75) is 57.6 Å². The molecule has 14 heteroatoms. The molecule has 0 fully saturated rings. The Morgan fingerprint density at radius 1 is 1.00 bits per heavy atom. The number of carbonyl (C=O) groups excluding carboxylic acids is 3. The summed E-state index contributed by atoms with van der Waals surface area (Å²) in [5, 5.41) is 14.5. The van der Waals surface area contributed by atoms with Crippen LogP contribution in [0.25, 0.3) is 11.4 Å². The molecule has 0 saturated heterocycles. The summed E-state index contributed by atoms with van der Waals surface area (Å²) in [6.07, 6.45) is 1.20. The number of aromatic nitrogens is 2. The van der Waals surface area contributed by atoms with E-state index < -0.39 is 35.0 Å². The van der Waals surface area contributed by atoms with Crippen molar-refractivity contribution in [1.82, 2.24) is 20.2 Å². The summed E-state index contributed by atoms with van der Waals surface area (Å²) in [7, 11) is 1.22. The summed E-state index contributed by atoms with van der Waals surface area (Å²) in [6.45, 7) is 5.27. The third kappa shape index (κ3) is 9.30. The molecule has 0 aliphatic heterocycles. The van der Waals surface area contributed by atoms with Gasteiger partial charge in [-0.2, -0.15) is 0 Å². The third-order valence-corrected chi connectivity index (χ3v) is 7.55. The van der Waals surface area contributed by atoms with Gasteiger partial charge >= 0.3 is 11.9 Å². The quantitative estimate of drug-likeness (QED) is 0.0648. The Balaban J connectivity index is 2.18. The number of hydrogen-bond donors (Lipinski definition) is 1. The van der Waals surface area contributed by atoms with E-state index in [4.69, 9.17) is 19.2 Å². The first kappa shape index (κ1) is 36.0. The number of non-ortho nitro benzene ring substituents is 1. The molecule has 1 aromatic carbocycles. The van der Waals surface area contributed by atoms with Crippen LogP contribution in [0.5, 0.6) is 5.75 Å². The number of methoxy groups -OCH3 is 1. The first-order chi connectivity index (χ1) is 22.1. The predicted octanol–water partition coefficient (Wildman–Crippen LogP) is 5.20. The molecule has 246 valence electrons. The fourth-order valence-electron chi connectivity index (χ4n) is 4.72. The van der Waals surface area contributed by atoms with E-state index in [2.05, 4.69) is 26.2 Å². The van der Waals surface area contributed by atoms with E-state index in [1.807, 2.05) is 32.0 Å². The zero-order chi connectivity index (χ0) is 33.7. The molecule has 3 rings (SSSR count). The van der Waals surface area contributed by atoms with Gasteiger partial charge in [0.1, 0.15) is 5.75 Å². The molecule has 0 saturated carbocycles. The maximum Gasteiger partial charge on any atom is 0.347 e. The number of nitro groups is 1. The van der Waals surface area contributed by atoms with Crippen molar-refractivity contribution >= 4 is 39.5 Å². The van der Waals surface area contributed by atoms with Gasteiger partial charge < -0.3 is 19.5 Å². The van der Waals surface area contributed by atoms with Crippen molar-refractivity contribution in [3.05, 3.63) is 81.7 Å². The molecule has 0 bridgehead atoms. The Kier molecular flexibility index (Phi) is 13.6.